The molecule has 0 spiro atoms. The van der Waals surface area contributed by atoms with E-state index >= 15 is 0 Å². The highest BCUT2D eigenvalue weighted by molar-refractivity contribution is 4.67. The molecule has 0 amide bonds. The standard InChI is InChI=1S/C5H8F3/c1-2-4(7)5(8)3-6/h4-5H,1-3H2/t4?,5-/m0/s1. The van der Waals surface area contributed by atoms with Gasteiger partial charge in [0.15, 0.2) is 6.17 Å². The van der Waals surface area contributed by atoms with Gasteiger partial charge in [-0.1, -0.05) is 6.92 Å². The molecule has 0 aliphatic carbocycles. The number of halogens is 3. The molecule has 49 valence electrons. The molecule has 0 saturated carbocycles. The Morgan fingerprint density at radius 1 is 1.25 bits per heavy atom. The molecule has 0 rings (SSSR count). The van der Waals surface area contributed by atoms with E-state index in [1.54, 1.807) is 0 Å². The second-order valence-electron chi connectivity index (χ2n) is 1.47. The lowest BCUT2D eigenvalue weighted by Crippen LogP contribution is -2.17. The maximum absolute atomic E-state index is 11.8. The molecule has 0 aromatic rings. The van der Waals surface area contributed by atoms with Gasteiger partial charge >= 0.3 is 0 Å². The lowest BCUT2D eigenvalue weighted by Gasteiger charge is -2.04. The maximum Gasteiger partial charge on any atom is 0.159 e. The molecular weight excluding hydrogens is 117 g/mol. The molecule has 0 nitrogen and oxygen atoms in total. The average Bonchev–Trinajstić information content (AvgIpc) is 1.84. The van der Waals surface area contributed by atoms with Crippen LogP contribution in [0, 0.1) is 6.92 Å². The Labute approximate surface area is 46.7 Å². The van der Waals surface area contributed by atoms with Crippen LogP contribution in [-0.2, 0) is 0 Å². The molecule has 0 aromatic carbocycles. The van der Waals surface area contributed by atoms with Crippen molar-refractivity contribution in [1.82, 2.24) is 0 Å². The van der Waals surface area contributed by atoms with Gasteiger partial charge in [-0.2, -0.15) is 0 Å². The van der Waals surface area contributed by atoms with Crippen LogP contribution in [0.15, 0.2) is 0 Å². The number of alkyl halides is 3. The van der Waals surface area contributed by atoms with Gasteiger partial charge < -0.3 is 0 Å². The lowest BCUT2D eigenvalue weighted by atomic mass is 10.2. The molecular formula is C5H8F3. The van der Waals surface area contributed by atoms with Gasteiger partial charge in [-0.05, 0) is 6.42 Å². The average molecular weight is 125 g/mol. The van der Waals surface area contributed by atoms with Crippen molar-refractivity contribution in [2.45, 2.75) is 18.8 Å². The van der Waals surface area contributed by atoms with E-state index in [1.807, 2.05) is 0 Å². The van der Waals surface area contributed by atoms with Crippen LogP contribution in [0.2, 0.25) is 0 Å². The summed E-state index contributed by atoms with van der Waals surface area (Å²) in [6, 6.07) is 0. The highest BCUT2D eigenvalue weighted by Crippen LogP contribution is 2.07. The number of rotatable bonds is 3. The van der Waals surface area contributed by atoms with Crippen LogP contribution in [0.4, 0.5) is 13.2 Å². The first-order valence-electron chi connectivity index (χ1n) is 2.35. The number of hydrogen-bond donors (Lipinski definition) is 0. The Morgan fingerprint density at radius 2 is 1.75 bits per heavy atom. The third-order valence-corrected chi connectivity index (χ3v) is 0.816. The van der Waals surface area contributed by atoms with E-state index in [9.17, 15) is 13.2 Å². The second kappa shape index (κ2) is 3.75. The highest BCUT2D eigenvalue weighted by Gasteiger charge is 2.16. The van der Waals surface area contributed by atoms with E-state index in [2.05, 4.69) is 6.92 Å². The molecule has 3 heteroatoms. The summed E-state index contributed by atoms with van der Waals surface area (Å²) in [5, 5.41) is 0. The molecule has 0 aromatic heterocycles. The maximum atomic E-state index is 11.8. The van der Waals surface area contributed by atoms with Gasteiger partial charge in [0.1, 0.15) is 12.8 Å². The van der Waals surface area contributed by atoms with Crippen LogP contribution in [0.3, 0.4) is 0 Å². The van der Waals surface area contributed by atoms with Crippen molar-refractivity contribution >= 4 is 0 Å². The second-order valence-corrected chi connectivity index (χ2v) is 1.47. The third kappa shape index (κ3) is 2.19. The summed E-state index contributed by atoms with van der Waals surface area (Å²) in [5.74, 6) is 0. The topological polar surface area (TPSA) is 0 Å². The van der Waals surface area contributed by atoms with Crippen LogP contribution in [0.5, 0.6) is 0 Å². The normalized spacial score (nSPS) is 18.0. The molecule has 2 atom stereocenters. The zero-order valence-electron chi connectivity index (χ0n) is 4.41. The molecule has 0 aliphatic heterocycles. The summed E-state index contributed by atoms with van der Waals surface area (Å²) in [5.41, 5.74) is 0. The van der Waals surface area contributed by atoms with Crippen LogP contribution in [0.1, 0.15) is 6.42 Å². The molecule has 0 bridgehead atoms. The van der Waals surface area contributed by atoms with Crippen molar-refractivity contribution in [3.05, 3.63) is 6.92 Å². The quantitative estimate of drug-likeness (QED) is 0.540. The predicted molar refractivity (Wildman–Crippen MR) is 25.7 cm³/mol. The van der Waals surface area contributed by atoms with Crippen molar-refractivity contribution in [2.24, 2.45) is 0 Å². The first kappa shape index (κ1) is 7.79. The fourth-order valence-electron chi connectivity index (χ4n) is 0.278. The molecule has 8 heavy (non-hydrogen) atoms. The van der Waals surface area contributed by atoms with Gasteiger partial charge in [0.25, 0.3) is 0 Å². The van der Waals surface area contributed by atoms with E-state index in [4.69, 9.17) is 0 Å². The van der Waals surface area contributed by atoms with Gasteiger partial charge in [0, 0.05) is 0 Å². The molecule has 1 unspecified atom stereocenters. The van der Waals surface area contributed by atoms with Gasteiger partial charge in [-0.3, -0.25) is 0 Å². The third-order valence-electron chi connectivity index (χ3n) is 0.816. The van der Waals surface area contributed by atoms with E-state index < -0.39 is 19.0 Å². The van der Waals surface area contributed by atoms with E-state index in [0.29, 0.717) is 0 Å². The minimum Gasteiger partial charge on any atom is -0.248 e. The van der Waals surface area contributed by atoms with Gasteiger partial charge in [0.2, 0.25) is 0 Å². The number of hydrogen-bond acceptors (Lipinski definition) is 0. The van der Waals surface area contributed by atoms with Crippen LogP contribution >= 0.6 is 0 Å². The zero-order chi connectivity index (χ0) is 6.57. The van der Waals surface area contributed by atoms with Crippen molar-refractivity contribution in [1.29, 1.82) is 0 Å². The SMILES string of the molecule is [CH2]CC(F)[C@@H](F)CF. The predicted octanol–water partition coefficient (Wildman–Crippen LogP) is 1.86. The summed E-state index contributed by atoms with van der Waals surface area (Å²) in [4.78, 5) is 0. The monoisotopic (exact) mass is 125 g/mol. The van der Waals surface area contributed by atoms with Crippen molar-refractivity contribution < 1.29 is 13.2 Å². The summed E-state index contributed by atoms with van der Waals surface area (Å²) in [7, 11) is 0. The smallest absolute Gasteiger partial charge is 0.159 e. The lowest BCUT2D eigenvalue weighted by molar-refractivity contribution is 0.138. The first-order chi connectivity index (χ1) is 3.72. The Hall–Kier alpha value is -0.210. The fraction of sp³-hybridized carbons (Fsp3) is 0.800. The Bertz CT molecular complexity index is 47.6. The minimum absolute atomic E-state index is 0.203. The molecule has 0 aliphatic rings. The molecule has 0 saturated heterocycles. The van der Waals surface area contributed by atoms with Gasteiger partial charge in [-0.25, -0.2) is 13.2 Å². The van der Waals surface area contributed by atoms with Crippen molar-refractivity contribution in [2.75, 3.05) is 6.67 Å². The van der Waals surface area contributed by atoms with E-state index in [1.165, 1.54) is 0 Å². The van der Waals surface area contributed by atoms with Crippen molar-refractivity contribution in [3.63, 3.8) is 0 Å². The van der Waals surface area contributed by atoms with Gasteiger partial charge in [-0.15, -0.1) is 0 Å². The largest absolute Gasteiger partial charge is 0.248 e. The van der Waals surface area contributed by atoms with E-state index in [0.717, 1.165) is 0 Å². The highest BCUT2D eigenvalue weighted by atomic mass is 19.2. The summed E-state index contributed by atoms with van der Waals surface area (Å²) >= 11 is 0. The van der Waals surface area contributed by atoms with Crippen LogP contribution in [0.25, 0.3) is 0 Å². The van der Waals surface area contributed by atoms with Crippen molar-refractivity contribution in [3.8, 4) is 0 Å². The Kier molecular flexibility index (Phi) is 3.65. The van der Waals surface area contributed by atoms with Crippen LogP contribution in [-0.4, -0.2) is 19.0 Å². The summed E-state index contributed by atoms with van der Waals surface area (Å²) < 4.78 is 34.8. The Balaban J connectivity index is 3.29. The minimum atomic E-state index is -1.98. The fourth-order valence-corrected chi connectivity index (χ4v) is 0.278. The molecule has 0 heterocycles. The molecule has 0 fully saturated rings. The molecule has 0 N–H and O–H groups in total. The zero-order valence-corrected chi connectivity index (χ0v) is 4.41. The molecule has 1 radical (unpaired) electrons. The summed E-state index contributed by atoms with van der Waals surface area (Å²) in [6.45, 7) is 1.82. The first-order valence-corrected chi connectivity index (χ1v) is 2.35. The van der Waals surface area contributed by atoms with E-state index in [-0.39, 0.29) is 6.42 Å². The van der Waals surface area contributed by atoms with Gasteiger partial charge in [0.05, 0.1) is 0 Å². The summed E-state index contributed by atoms with van der Waals surface area (Å²) in [6.07, 6.45) is -3.92. The van der Waals surface area contributed by atoms with Crippen LogP contribution < -0.4 is 0 Å². The Morgan fingerprint density at radius 3 is 1.88 bits per heavy atom.